The lowest BCUT2D eigenvalue weighted by atomic mass is 10.3. The Balaban J connectivity index is 2.02. The molecular weight excluding hydrogens is 235 g/mol. The highest BCUT2D eigenvalue weighted by atomic mass is 19.1. The van der Waals surface area contributed by atoms with E-state index in [4.69, 9.17) is 4.42 Å². The standard InChI is InChI=1S/C12H15FN4O/c1-8(2)15-4-3-11-16-17-12(18-11)9-5-10(13)7-14-6-9/h5-8,15H,3-4H2,1-2H3. The van der Waals surface area contributed by atoms with Crippen LogP contribution in [0.5, 0.6) is 0 Å². The molecule has 1 N–H and O–H groups in total. The second-order valence-corrected chi connectivity index (χ2v) is 4.25. The summed E-state index contributed by atoms with van der Waals surface area (Å²) >= 11 is 0. The molecule has 0 amide bonds. The molecule has 5 nitrogen and oxygen atoms in total. The summed E-state index contributed by atoms with van der Waals surface area (Å²) in [7, 11) is 0. The van der Waals surface area contributed by atoms with Crippen LogP contribution < -0.4 is 5.32 Å². The normalized spacial score (nSPS) is 11.1. The molecule has 18 heavy (non-hydrogen) atoms. The molecule has 2 rings (SSSR count). The number of hydrogen-bond acceptors (Lipinski definition) is 5. The maximum atomic E-state index is 13.0. The zero-order valence-electron chi connectivity index (χ0n) is 10.4. The molecule has 0 fully saturated rings. The van der Waals surface area contributed by atoms with Gasteiger partial charge in [0.05, 0.1) is 11.8 Å². The van der Waals surface area contributed by atoms with Crippen LogP contribution in [0.25, 0.3) is 11.5 Å². The lowest BCUT2D eigenvalue weighted by Gasteiger charge is -2.04. The van der Waals surface area contributed by atoms with Gasteiger partial charge in [-0.15, -0.1) is 10.2 Å². The Morgan fingerprint density at radius 1 is 1.33 bits per heavy atom. The molecule has 2 heterocycles. The van der Waals surface area contributed by atoms with Crippen molar-refractivity contribution in [1.82, 2.24) is 20.5 Å². The fourth-order valence-corrected chi connectivity index (χ4v) is 1.47. The maximum absolute atomic E-state index is 13.0. The SMILES string of the molecule is CC(C)NCCc1nnc(-c2cncc(F)c2)o1. The van der Waals surface area contributed by atoms with Crippen LogP contribution >= 0.6 is 0 Å². The van der Waals surface area contributed by atoms with Gasteiger partial charge in [0.1, 0.15) is 5.82 Å². The summed E-state index contributed by atoms with van der Waals surface area (Å²) in [5.41, 5.74) is 0.491. The smallest absolute Gasteiger partial charge is 0.249 e. The Morgan fingerprint density at radius 3 is 2.89 bits per heavy atom. The van der Waals surface area contributed by atoms with E-state index in [1.807, 2.05) is 0 Å². The van der Waals surface area contributed by atoms with E-state index in [0.29, 0.717) is 29.8 Å². The predicted octanol–water partition coefficient (Wildman–Crippen LogP) is 1.81. The molecule has 0 aliphatic heterocycles. The summed E-state index contributed by atoms with van der Waals surface area (Å²) in [5.74, 6) is 0.401. The van der Waals surface area contributed by atoms with Crippen molar-refractivity contribution < 1.29 is 8.81 Å². The van der Waals surface area contributed by atoms with E-state index in [2.05, 4.69) is 34.3 Å². The minimum atomic E-state index is -0.422. The minimum absolute atomic E-state index is 0.293. The molecule has 0 unspecified atom stereocenters. The fourth-order valence-electron chi connectivity index (χ4n) is 1.47. The summed E-state index contributed by atoms with van der Waals surface area (Å²) < 4.78 is 18.4. The second-order valence-electron chi connectivity index (χ2n) is 4.25. The van der Waals surface area contributed by atoms with Gasteiger partial charge in [-0.05, 0) is 6.07 Å². The third kappa shape index (κ3) is 3.33. The molecule has 6 heteroatoms. The third-order valence-corrected chi connectivity index (χ3v) is 2.31. The number of halogens is 1. The van der Waals surface area contributed by atoms with Gasteiger partial charge in [0.15, 0.2) is 0 Å². The van der Waals surface area contributed by atoms with E-state index in [9.17, 15) is 4.39 Å². The van der Waals surface area contributed by atoms with Crippen molar-refractivity contribution in [2.24, 2.45) is 0 Å². The Morgan fingerprint density at radius 2 is 2.17 bits per heavy atom. The van der Waals surface area contributed by atoms with E-state index < -0.39 is 5.82 Å². The maximum Gasteiger partial charge on any atom is 0.249 e. The van der Waals surface area contributed by atoms with Crippen LogP contribution in [0.4, 0.5) is 4.39 Å². The third-order valence-electron chi connectivity index (χ3n) is 2.31. The van der Waals surface area contributed by atoms with Crippen LogP contribution in [-0.2, 0) is 6.42 Å². The molecule has 0 radical (unpaired) electrons. The average Bonchev–Trinajstić information content (AvgIpc) is 2.77. The molecule has 0 aromatic carbocycles. The van der Waals surface area contributed by atoms with Crippen molar-refractivity contribution in [2.75, 3.05) is 6.54 Å². The molecule has 2 aromatic heterocycles. The molecule has 0 saturated heterocycles. The minimum Gasteiger partial charge on any atom is -0.421 e. The molecule has 0 atom stereocenters. The predicted molar refractivity (Wildman–Crippen MR) is 64.3 cm³/mol. The van der Waals surface area contributed by atoms with Crippen molar-refractivity contribution in [1.29, 1.82) is 0 Å². The van der Waals surface area contributed by atoms with Crippen molar-refractivity contribution in [2.45, 2.75) is 26.3 Å². The van der Waals surface area contributed by atoms with E-state index in [1.165, 1.54) is 12.3 Å². The van der Waals surface area contributed by atoms with Crippen LogP contribution in [-0.4, -0.2) is 27.8 Å². The van der Waals surface area contributed by atoms with E-state index in [0.717, 1.165) is 12.7 Å². The van der Waals surface area contributed by atoms with Gasteiger partial charge >= 0.3 is 0 Å². The highest BCUT2D eigenvalue weighted by Gasteiger charge is 2.09. The number of aromatic nitrogens is 3. The van der Waals surface area contributed by atoms with Crippen LogP contribution in [0.15, 0.2) is 22.9 Å². The Labute approximate surface area is 104 Å². The molecule has 0 saturated carbocycles. The van der Waals surface area contributed by atoms with Crippen LogP contribution in [0.1, 0.15) is 19.7 Å². The van der Waals surface area contributed by atoms with Gasteiger partial charge in [-0.3, -0.25) is 4.98 Å². The van der Waals surface area contributed by atoms with Crippen LogP contribution in [0.2, 0.25) is 0 Å². The first-order chi connectivity index (χ1) is 8.65. The molecular formula is C12H15FN4O. The highest BCUT2D eigenvalue weighted by Crippen LogP contribution is 2.17. The largest absolute Gasteiger partial charge is 0.421 e. The summed E-state index contributed by atoms with van der Waals surface area (Å²) in [6.45, 7) is 4.90. The molecule has 0 aliphatic rings. The quantitative estimate of drug-likeness (QED) is 0.876. The van der Waals surface area contributed by atoms with Gasteiger partial charge in [0.25, 0.3) is 0 Å². The van der Waals surface area contributed by atoms with Crippen molar-refractivity contribution in [3.8, 4) is 11.5 Å². The molecule has 96 valence electrons. The first-order valence-electron chi connectivity index (χ1n) is 5.82. The van der Waals surface area contributed by atoms with Gasteiger partial charge < -0.3 is 9.73 Å². The summed E-state index contributed by atoms with van der Waals surface area (Å²) in [6, 6.07) is 1.73. The topological polar surface area (TPSA) is 63.8 Å². The van der Waals surface area contributed by atoms with Gasteiger partial charge in [0, 0.05) is 25.2 Å². The lowest BCUT2D eigenvalue weighted by molar-refractivity contribution is 0.484. The van der Waals surface area contributed by atoms with Gasteiger partial charge in [-0.2, -0.15) is 0 Å². The number of nitrogens with zero attached hydrogens (tertiary/aromatic N) is 3. The van der Waals surface area contributed by atoms with Crippen LogP contribution in [0.3, 0.4) is 0 Å². The number of pyridine rings is 1. The molecule has 0 spiro atoms. The highest BCUT2D eigenvalue weighted by molar-refractivity contribution is 5.50. The summed E-state index contributed by atoms with van der Waals surface area (Å²) in [4.78, 5) is 3.74. The Kier molecular flexibility index (Phi) is 3.99. The first kappa shape index (κ1) is 12.6. The van der Waals surface area contributed by atoms with Crippen LogP contribution in [0, 0.1) is 5.82 Å². The number of hydrogen-bond donors (Lipinski definition) is 1. The zero-order chi connectivity index (χ0) is 13.0. The van der Waals surface area contributed by atoms with Crippen molar-refractivity contribution in [3.05, 3.63) is 30.2 Å². The summed E-state index contributed by atoms with van der Waals surface area (Å²) in [5, 5.41) is 11.0. The number of rotatable bonds is 5. The van der Waals surface area contributed by atoms with E-state index >= 15 is 0 Å². The Bertz CT molecular complexity index is 512. The van der Waals surface area contributed by atoms with E-state index in [1.54, 1.807) is 0 Å². The fraction of sp³-hybridized carbons (Fsp3) is 0.417. The molecule has 0 aliphatic carbocycles. The van der Waals surface area contributed by atoms with Crippen molar-refractivity contribution >= 4 is 0 Å². The summed E-state index contributed by atoms with van der Waals surface area (Å²) in [6.07, 6.45) is 3.27. The monoisotopic (exact) mass is 250 g/mol. The Hall–Kier alpha value is -1.82. The second kappa shape index (κ2) is 5.68. The zero-order valence-corrected chi connectivity index (χ0v) is 10.4. The van der Waals surface area contributed by atoms with Gasteiger partial charge in [0.2, 0.25) is 11.8 Å². The van der Waals surface area contributed by atoms with E-state index in [-0.39, 0.29) is 0 Å². The first-order valence-corrected chi connectivity index (χ1v) is 5.82. The van der Waals surface area contributed by atoms with Gasteiger partial charge in [-0.25, -0.2) is 4.39 Å². The number of nitrogens with one attached hydrogen (secondary N) is 1. The molecule has 0 bridgehead atoms. The lowest BCUT2D eigenvalue weighted by Crippen LogP contribution is -2.25. The van der Waals surface area contributed by atoms with Gasteiger partial charge in [-0.1, -0.05) is 13.8 Å². The average molecular weight is 250 g/mol. The van der Waals surface area contributed by atoms with Crippen molar-refractivity contribution in [3.63, 3.8) is 0 Å². The molecule has 2 aromatic rings.